The molecule has 0 saturated heterocycles. The van der Waals surface area contributed by atoms with Crippen LogP contribution in [-0.2, 0) is 16.1 Å². The van der Waals surface area contributed by atoms with E-state index in [-0.39, 0.29) is 18.0 Å². The van der Waals surface area contributed by atoms with Crippen LogP contribution in [0.1, 0.15) is 15.9 Å². The van der Waals surface area contributed by atoms with Crippen LogP contribution in [-0.4, -0.2) is 39.2 Å². The predicted octanol–water partition coefficient (Wildman–Crippen LogP) is 2.07. The molecule has 0 spiro atoms. The van der Waals surface area contributed by atoms with Gasteiger partial charge in [0.1, 0.15) is 6.54 Å². The van der Waals surface area contributed by atoms with Crippen LogP contribution in [0, 0.1) is 6.92 Å². The third-order valence-corrected chi connectivity index (χ3v) is 3.73. The molecule has 1 aromatic heterocycles. The lowest BCUT2D eigenvalue weighted by Crippen LogP contribution is -2.22. The summed E-state index contributed by atoms with van der Waals surface area (Å²) < 4.78 is 4.71. The molecule has 0 aliphatic carbocycles. The normalized spacial score (nSPS) is 10.4. The third kappa shape index (κ3) is 3.75. The van der Waals surface area contributed by atoms with Gasteiger partial charge in [-0.15, -0.1) is 10.2 Å². The highest BCUT2D eigenvalue weighted by Crippen LogP contribution is 2.18. The van der Waals surface area contributed by atoms with Gasteiger partial charge in [0.15, 0.2) is 0 Å². The number of tetrazole rings is 1. The van der Waals surface area contributed by atoms with Crippen molar-refractivity contribution in [2.45, 2.75) is 13.5 Å². The minimum absolute atomic E-state index is 0.131. The van der Waals surface area contributed by atoms with E-state index in [2.05, 4.69) is 20.7 Å². The Morgan fingerprint density at radius 3 is 2.62 bits per heavy atom. The molecule has 0 aliphatic rings. The summed E-state index contributed by atoms with van der Waals surface area (Å²) in [5.41, 5.74) is 2.51. The summed E-state index contributed by atoms with van der Waals surface area (Å²) >= 11 is 0. The summed E-state index contributed by atoms with van der Waals surface area (Å²) in [4.78, 5) is 25.2. The molecule has 0 saturated carbocycles. The molecule has 0 atom stereocenters. The number of carbonyl (C=O) groups excluding carboxylic acids is 2. The molecule has 0 bridgehead atoms. The Labute approximate surface area is 149 Å². The second kappa shape index (κ2) is 7.56. The van der Waals surface area contributed by atoms with Gasteiger partial charge in [-0.3, -0.25) is 4.79 Å². The number of nitrogens with one attached hydrogen (secondary N) is 1. The molecule has 3 aromatic rings. The van der Waals surface area contributed by atoms with Crippen LogP contribution in [0.2, 0.25) is 0 Å². The molecule has 1 amide bonds. The van der Waals surface area contributed by atoms with Crippen LogP contribution >= 0.6 is 0 Å². The number of methoxy groups -OCH3 is 1. The van der Waals surface area contributed by atoms with Crippen LogP contribution in [0.4, 0.5) is 5.69 Å². The fraction of sp³-hybridized carbons (Fsp3) is 0.167. The van der Waals surface area contributed by atoms with E-state index >= 15 is 0 Å². The number of hydrogen-bond acceptors (Lipinski definition) is 6. The van der Waals surface area contributed by atoms with Crippen molar-refractivity contribution in [2.75, 3.05) is 12.4 Å². The minimum Gasteiger partial charge on any atom is -0.465 e. The molecule has 0 unspecified atom stereocenters. The molecule has 2 aromatic carbocycles. The highest BCUT2D eigenvalue weighted by Gasteiger charge is 2.15. The van der Waals surface area contributed by atoms with Gasteiger partial charge in [-0.25, -0.2) is 4.79 Å². The quantitative estimate of drug-likeness (QED) is 0.707. The van der Waals surface area contributed by atoms with Crippen molar-refractivity contribution in [3.63, 3.8) is 0 Å². The smallest absolute Gasteiger partial charge is 0.339 e. The van der Waals surface area contributed by atoms with Gasteiger partial charge in [0, 0.05) is 5.56 Å². The van der Waals surface area contributed by atoms with E-state index in [4.69, 9.17) is 4.74 Å². The van der Waals surface area contributed by atoms with Crippen molar-refractivity contribution in [2.24, 2.45) is 0 Å². The summed E-state index contributed by atoms with van der Waals surface area (Å²) in [5.74, 6) is -0.456. The number of rotatable bonds is 5. The van der Waals surface area contributed by atoms with E-state index in [0.29, 0.717) is 11.5 Å². The first kappa shape index (κ1) is 17.3. The Hall–Kier alpha value is -3.55. The maximum absolute atomic E-state index is 12.3. The van der Waals surface area contributed by atoms with Gasteiger partial charge < -0.3 is 10.1 Å². The number of hydrogen-bond donors (Lipinski definition) is 1. The van der Waals surface area contributed by atoms with Crippen molar-refractivity contribution in [1.29, 1.82) is 0 Å². The van der Waals surface area contributed by atoms with E-state index in [1.54, 1.807) is 24.3 Å². The monoisotopic (exact) mass is 351 g/mol. The Morgan fingerprint density at radius 1 is 1.12 bits per heavy atom. The number of esters is 1. The number of aryl methyl sites for hydroxylation is 1. The Kier molecular flexibility index (Phi) is 5.02. The van der Waals surface area contributed by atoms with Gasteiger partial charge in [0.25, 0.3) is 0 Å². The number of aromatic nitrogens is 4. The van der Waals surface area contributed by atoms with Gasteiger partial charge in [-0.1, -0.05) is 36.4 Å². The first-order valence-electron chi connectivity index (χ1n) is 7.89. The largest absolute Gasteiger partial charge is 0.465 e. The Balaban J connectivity index is 1.72. The summed E-state index contributed by atoms with van der Waals surface area (Å²) in [5, 5.41) is 14.8. The zero-order valence-electron chi connectivity index (χ0n) is 14.3. The minimum atomic E-state index is -0.526. The molecule has 132 valence electrons. The number of ether oxygens (including phenoxy) is 1. The van der Waals surface area contributed by atoms with Crippen molar-refractivity contribution in [3.8, 4) is 11.4 Å². The highest BCUT2D eigenvalue weighted by atomic mass is 16.5. The zero-order valence-corrected chi connectivity index (χ0v) is 14.3. The second-order valence-corrected chi connectivity index (χ2v) is 5.54. The van der Waals surface area contributed by atoms with Crippen molar-refractivity contribution in [3.05, 3.63) is 59.7 Å². The van der Waals surface area contributed by atoms with Crippen LogP contribution < -0.4 is 5.32 Å². The third-order valence-electron chi connectivity index (χ3n) is 3.73. The summed E-state index contributed by atoms with van der Waals surface area (Å²) in [6.45, 7) is 1.82. The summed E-state index contributed by atoms with van der Waals surface area (Å²) in [7, 11) is 1.29. The molecule has 26 heavy (non-hydrogen) atoms. The van der Waals surface area contributed by atoms with E-state index in [9.17, 15) is 9.59 Å². The van der Waals surface area contributed by atoms with Crippen LogP contribution in [0.25, 0.3) is 11.4 Å². The first-order chi connectivity index (χ1) is 12.6. The molecule has 0 aliphatic heterocycles. The average molecular weight is 351 g/mol. The summed E-state index contributed by atoms with van der Waals surface area (Å²) in [6, 6.07) is 14.3. The molecular weight excluding hydrogens is 334 g/mol. The molecule has 3 rings (SSSR count). The number of nitrogens with zero attached hydrogens (tertiary/aromatic N) is 4. The maximum Gasteiger partial charge on any atom is 0.339 e. The van der Waals surface area contributed by atoms with Crippen LogP contribution in [0.5, 0.6) is 0 Å². The van der Waals surface area contributed by atoms with Gasteiger partial charge in [-0.05, 0) is 29.8 Å². The van der Waals surface area contributed by atoms with Crippen LogP contribution in [0.3, 0.4) is 0 Å². The average Bonchev–Trinajstić information content (AvgIpc) is 3.10. The number of amides is 1. The predicted molar refractivity (Wildman–Crippen MR) is 94.4 cm³/mol. The van der Waals surface area contributed by atoms with Crippen molar-refractivity contribution in [1.82, 2.24) is 20.2 Å². The van der Waals surface area contributed by atoms with E-state index in [0.717, 1.165) is 11.1 Å². The molecule has 0 radical (unpaired) electrons. The van der Waals surface area contributed by atoms with Gasteiger partial charge in [0.05, 0.1) is 18.4 Å². The molecule has 0 fully saturated rings. The lowest BCUT2D eigenvalue weighted by Gasteiger charge is -2.09. The fourth-order valence-corrected chi connectivity index (χ4v) is 2.44. The van der Waals surface area contributed by atoms with Gasteiger partial charge in [-0.2, -0.15) is 4.80 Å². The maximum atomic E-state index is 12.3. The molecule has 1 heterocycles. The number of anilines is 1. The second-order valence-electron chi connectivity index (χ2n) is 5.54. The van der Waals surface area contributed by atoms with E-state index < -0.39 is 5.97 Å². The highest BCUT2D eigenvalue weighted by molar-refractivity contribution is 6.01. The lowest BCUT2D eigenvalue weighted by molar-refractivity contribution is -0.117. The molecule has 1 N–H and O–H groups in total. The van der Waals surface area contributed by atoms with E-state index in [1.165, 1.54) is 11.9 Å². The van der Waals surface area contributed by atoms with Gasteiger partial charge in [0.2, 0.25) is 11.7 Å². The number of benzene rings is 2. The fourth-order valence-electron chi connectivity index (χ4n) is 2.44. The topological polar surface area (TPSA) is 99.0 Å². The van der Waals surface area contributed by atoms with Crippen molar-refractivity contribution >= 4 is 17.6 Å². The molecule has 8 heteroatoms. The lowest BCUT2D eigenvalue weighted by atomic mass is 10.1. The number of para-hydroxylation sites is 1. The SMILES string of the molecule is COC(=O)c1ccccc1NC(=O)Cn1nnc(-c2ccccc2C)n1. The zero-order chi connectivity index (χ0) is 18.5. The van der Waals surface area contributed by atoms with Crippen LogP contribution in [0.15, 0.2) is 48.5 Å². The van der Waals surface area contributed by atoms with Crippen molar-refractivity contribution < 1.29 is 14.3 Å². The molecule has 8 nitrogen and oxygen atoms in total. The first-order valence-corrected chi connectivity index (χ1v) is 7.89. The Bertz CT molecular complexity index is 951. The molecular formula is C18H17N5O3. The Morgan fingerprint density at radius 2 is 1.85 bits per heavy atom. The summed E-state index contributed by atoms with van der Waals surface area (Å²) in [6.07, 6.45) is 0. The van der Waals surface area contributed by atoms with Gasteiger partial charge >= 0.3 is 5.97 Å². The standard InChI is InChI=1S/C18H17N5O3/c1-12-7-3-4-8-13(12)17-20-22-23(21-17)11-16(24)19-15-10-6-5-9-14(15)18(25)26-2/h3-10H,11H2,1-2H3,(H,19,24). The van der Waals surface area contributed by atoms with E-state index in [1.807, 2.05) is 31.2 Å². The number of carbonyl (C=O) groups is 2.